The second kappa shape index (κ2) is 6.05. The summed E-state index contributed by atoms with van der Waals surface area (Å²) >= 11 is 3.33. The number of alkyl halides is 2. The van der Waals surface area contributed by atoms with Crippen LogP contribution in [0.3, 0.4) is 0 Å². The lowest BCUT2D eigenvalue weighted by atomic mass is 10.5. The van der Waals surface area contributed by atoms with Crippen LogP contribution in [0.15, 0.2) is 22.8 Å². The van der Waals surface area contributed by atoms with Gasteiger partial charge in [-0.05, 0) is 28.1 Å². The Hall–Kier alpha value is -1.28. The van der Waals surface area contributed by atoms with Crippen LogP contribution in [0.4, 0.5) is 14.7 Å². The third-order valence-electron chi connectivity index (χ3n) is 2.07. The molecule has 0 saturated carbocycles. The second-order valence-corrected chi connectivity index (χ2v) is 4.39. The van der Waals surface area contributed by atoms with E-state index in [0.717, 1.165) is 4.47 Å². The molecule has 0 radical (unpaired) electrons. The largest absolute Gasteiger partial charge is 0.374 e. The smallest absolute Gasteiger partial charge is 0.261 e. The van der Waals surface area contributed by atoms with Gasteiger partial charge in [-0.25, -0.2) is 13.3 Å². The van der Waals surface area contributed by atoms with Gasteiger partial charge in [0.25, 0.3) is 6.43 Å². The quantitative estimate of drug-likeness (QED) is 0.829. The third-order valence-corrected chi connectivity index (χ3v) is 2.54. The molecular formula is C10H11BrF2N4O. The fourth-order valence-corrected chi connectivity index (χ4v) is 1.67. The van der Waals surface area contributed by atoms with Crippen LogP contribution in [0.5, 0.6) is 0 Å². The minimum absolute atomic E-state index is 0.184. The number of nitrogens with zero attached hydrogens (tertiary/aromatic N) is 3. The molecule has 0 bridgehead atoms. The van der Waals surface area contributed by atoms with E-state index in [0.29, 0.717) is 18.1 Å². The third kappa shape index (κ3) is 3.61. The molecule has 5 nitrogen and oxygen atoms in total. The minimum Gasteiger partial charge on any atom is -0.374 e. The maximum atomic E-state index is 11.8. The van der Waals surface area contributed by atoms with E-state index in [2.05, 4.69) is 31.3 Å². The van der Waals surface area contributed by atoms with Crippen LogP contribution in [0.25, 0.3) is 5.65 Å². The van der Waals surface area contributed by atoms with Crippen molar-refractivity contribution in [2.45, 2.75) is 6.43 Å². The molecule has 0 fully saturated rings. The normalized spacial score (nSPS) is 11.3. The van der Waals surface area contributed by atoms with Gasteiger partial charge in [0.15, 0.2) is 5.65 Å². The molecule has 18 heavy (non-hydrogen) atoms. The fourth-order valence-electron chi connectivity index (χ4n) is 1.34. The van der Waals surface area contributed by atoms with Crippen LogP contribution >= 0.6 is 15.9 Å². The first-order chi connectivity index (χ1) is 8.65. The summed E-state index contributed by atoms with van der Waals surface area (Å²) < 4.78 is 30.8. The minimum atomic E-state index is -2.43. The van der Waals surface area contributed by atoms with Crippen molar-refractivity contribution in [1.29, 1.82) is 0 Å². The predicted octanol–water partition coefficient (Wildman–Crippen LogP) is 2.19. The number of aromatic nitrogens is 3. The van der Waals surface area contributed by atoms with Gasteiger partial charge in [0, 0.05) is 17.2 Å². The van der Waals surface area contributed by atoms with Gasteiger partial charge in [0.05, 0.1) is 6.61 Å². The van der Waals surface area contributed by atoms with Crippen LogP contribution < -0.4 is 5.32 Å². The Morgan fingerprint density at radius 1 is 1.44 bits per heavy atom. The number of nitrogens with one attached hydrogen (secondary N) is 1. The van der Waals surface area contributed by atoms with E-state index in [-0.39, 0.29) is 6.61 Å². The van der Waals surface area contributed by atoms with Crippen molar-refractivity contribution in [3.8, 4) is 0 Å². The summed E-state index contributed by atoms with van der Waals surface area (Å²) in [7, 11) is 0. The van der Waals surface area contributed by atoms with Gasteiger partial charge in [-0.15, -0.1) is 5.10 Å². The molecule has 0 aliphatic carbocycles. The lowest BCUT2D eigenvalue weighted by Gasteiger charge is -2.03. The van der Waals surface area contributed by atoms with Gasteiger partial charge in [-0.1, -0.05) is 0 Å². The molecule has 0 atom stereocenters. The van der Waals surface area contributed by atoms with E-state index in [9.17, 15) is 8.78 Å². The Balaban J connectivity index is 1.84. The van der Waals surface area contributed by atoms with Crippen LogP contribution in [-0.2, 0) is 4.74 Å². The highest BCUT2D eigenvalue weighted by Crippen LogP contribution is 2.11. The van der Waals surface area contributed by atoms with E-state index >= 15 is 0 Å². The van der Waals surface area contributed by atoms with E-state index in [4.69, 9.17) is 4.74 Å². The van der Waals surface area contributed by atoms with Gasteiger partial charge in [-0.2, -0.15) is 4.98 Å². The summed E-state index contributed by atoms with van der Waals surface area (Å²) in [6.45, 7) is 0.0155. The monoisotopic (exact) mass is 320 g/mol. The number of rotatable bonds is 6. The van der Waals surface area contributed by atoms with Crippen molar-refractivity contribution in [3.05, 3.63) is 22.8 Å². The number of anilines is 1. The highest BCUT2D eigenvalue weighted by Gasteiger charge is 2.04. The number of hydrogen-bond acceptors (Lipinski definition) is 4. The Morgan fingerprint density at radius 3 is 3.06 bits per heavy atom. The number of halogens is 3. The Bertz CT molecular complexity index is 520. The van der Waals surface area contributed by atoms with Crippen molar-refractivity contribution in [3.63, 3.8) is 0 Å². The average Bonchev–Trinajstić information content (AvgIpc) is 2.70. The summed E-state index contributed by atoms with van der Waals surface area (Å²) in [6, 6.07) is 3.68. The first-order valence-corrected chi connectivity index (χ1v) is 6.06. The van der Waals surface area contributed by atoms with Crippen molar-refractivity contribution >= 4 is 27.5 Å². The molecule has 1 N–H and O–H groups in total. The molecule has 8 heteroatoms. The molecule has 0 unspecified atom stereocenters. The summed E-state index contributed by atoms with van der Waals surface area (Å²) in [6.07, 6.45) is -0.656. The van der Waals surface area contributed by atoms with Crippen LogP contribution in [0.2, 0.25) is 0 Å². The molecule has 0 saturated heterocycles. The topological polar surface area (TPSA) is 51.5 Å². The van der Waals surface area contributed by atoms with Crippen molar-refractivity contribution in [2.75, 3.05) is 25.1 Å². The highest BCUT2D eigenvalue weighted by molar-refractivity contribution is 9.10. The zero-order valence-electron chi connectivity index (χ0n) is 9.31. The fraction of sp³-hybridized carbons (Fsp3) is 0.400. The molecule has 0 aliphatic rings. The lowest BCUT2D eigenvalue weighted by Crippen LogP contribution is -2.13. The van der Waals surface area contributed by atoms with Crippen LogP contribution in [-0.4, -0.2) is 40.8 Å². The predicted molar refractivity (Wildman–Crippen MR) is 66.0 cm³/mol. The molecule has 2 rings (SSSR count). The Kier molecular flexibility index (Phi) is 4.43. The molecule has 0 aliphatic heterocycles. The molecule has 0 amide bonds. The first-order valence-electron chi connectivity index (χ1n) is 5.27. The second-order valence-electron chi connectivity index (χ2n) is 3.48. The van der Waals surface area contributed by atoms with Gasteiger partial charge >= 0.3 is 0 Å². The highest BCUT2D eigenvalue weighted by atomic mass is 79.9. The molecule has 0 spiro atoms. The maximum Gasteiger partial charge on any atom is 0.261 e. The number of ether oxygens (including phenoxy) is 1. The zero-order chi connectivity index (χ0) is 13.0. The van der Waals surface area contributed by atoms with Gasteiger partial charge in [0.2, 0.25) is 5.95 Å². The molecule has 2 aromatic rings. The SMILES string of the molecule is FC(F)COCCNc1nc2ccc(Br)cn2n1. The van der Waals surface area contributed by atoms with E-state index in [1.807, 2.05) is 12.1 Å². The molecular weight excluding hydrogens is 310 g/mol. The van der Waals surface area contributed by atoms with Gasteiger partial charge in [-0.3, -0.25) is 0 Å². The number of hydrogen-bond donors (Lipinski definition) is 1. The Morgan fingerprint density at radius 2 is 2.28 bits per heavy atom. The van der Waals surface area contributed by atoms with Gasteiger partial charge in [0.1, 0.15) is 6.61 Å². The summed E-state index contributed by atoms with van der Waals surface area (Å²) in [5.41, 5.74) is 0.703. The zero-order valence-corrected chi connectivity index (χ0v) is 10.9. The number of pyridine rings is 1. The Labute approximate surface area is 110 Å². The van der Waals surface area contributed by atoms with E-state index in [1.165, 1.54) is 0 Å². The molecule has 98 valence electrons. The van der Waals surface area contributed by atoms with Crippen LogP contribution in [0, 0.1) is 0 Å². The van der Waals surface area contributed by atoms with Crippen LogP contribution in [0.1, 0.15) is 0 Å². The van der Waals surface area contributed by atoms with Crippen molar-refractivity contribution < 1.29 is 13.5 Å². The summed E-state index contributed by atoms with van der Waals surface area (Å²) in [5, 5.41) is 7.07. The van der Waals surface area contributed by atoms with E-state index in [1.54, 1.807) is 10.7 Å². The molecule has 0 aromatic carbocycles. The first kappa shape index (κ1) is 13.2. The van der Waals surface area contributed by atoms with Gasteiger partial charge < -0.3 is 10.1 Å². The average molecular weight is 321 g/mol. The van der Waals surface area contributed by atoms with Crippen molar-refractivity contribution in [2.24, 2.45) is 0 Å². The molecule has 2 heterocycles. The lowest BCUT2D eigenvalue weighted by molar-refractivity contribution is 0.0214. The van der Waals surface area contributed by atoms with E-state index < -0.39 is 13.0 Å². The summed E-state index contributed by atoms with van der Waals surface area (Å²) in [4.78, 5) is 4.20. The molecule has 2 aromatic heterocycles. The van der Waals surface area contributed by atoms with Crippen molar-refractivity contribution in [1.82, 2.24) is 14.6 Å². The maximum absolute atomic E-state index is 11.8. The number of fused-ring (bicyclic) bond motifs is 1. The standard InChI is InChI=1S/C10H11BrF2N4O/c11-7-1-2-9-15-10(16-17(9)5-7)14-3-4-18-6-8(12)13/h1-2,5,8H,3-4,6H2,(H,14,16). The summed E-state index contributed by atoms with van der Waals surface area (Å²) in [5.74, 6) is 0.439.